The lowest BCUT2D eigenvalue weighted by Crippen LogP contribution is -2.38. The highest BCUT2D eigenvalue weighted by Gasteiger charge is 2.61. The zero-order valence-electron chi connectivity index (χ0n) is 7.30. The second kappa shape index (κ2) is 2.20. The van der Waals surface area contributed by atoms with Crippen molar-refractivity contribution >= 4 is 0 Å². The molecule has 11 heavy (non-hydrogen) atoms. The topological polar surface area (TPSA) is 32.3 Å². The SMILES string of the molecule is CC(C)NC1CC12CC(O)C2. The Morgan fingerprint density at radius 1 is 1.36 bits per heavy atom. The predicted molar refractivity (Wildman–Crippen MR) is 44.4 cm³/mol. The van der Waals surface area contributed by atoms with Crippen LogP contribution in [0.2, 0.25) is 0 Å². The van der Waals surface area contributed by atoms with E-state index in [0.29, 0.717) is 17.5 Å². The fourth-order valence-corrected chi connectivity index (χ4v) is 2.32. The molecule has 0 bridgehead atoms. The Bertz CT molecular complexity index is 161. The lowest BCUT2D eigenvalue weighted by atomic mass is 9.78. The van der Waals surface area contributed by atoms with Crippen molar-refractivity contribution in [3.8, 4) is 0 Å². The van der Waals surface area contributed by atoms with E-state index >= 15 is 0 Å². The van der Waals surface area contributed by atoms with Gasteiger partial charge in [-0.1, -0.05) is 13.8 Å². The van der Waals surface area contributed by atoms with E-state index in [0.717, 1.165) is 12.8 Å². The summed E-state index contributed by atoms with van der Waals surface area (Å²) < 4.78 is 0. The molecule has 2 N–H and O–H groups in total. The van der Waals surface area contributed by atoms with Gasteiger partial charge in [-0.25, -0.2) is 0 Å². The number of nitrogens with one attached hydrogen (secondary N) is 1. The molecule has 2 heteroatoms. The van der Waals surface area contributed by atoms with Crippen LogP contribution in [0.3, 0.4) is 0 Å². The van der Waals surface area contributed by atoms with Gasteiger partial charge in [-0.3, -0.25) is 0 Å². The van der Waals surface area contributed by atoms with Crippen LogP contribution in [-0.4, -0.2) is 23.3 Å². The molecule has 0 radical (unpaired) electrons. The number of rotatable bonds is 2. The molecule has 0 aromatic rings. The second-order valence-electron chi connectivity index (χ2n) is 4.50. The predicted octanol–water partition coefficient (Wildman–Crippen LogP) is 0.898. The molecule has 0 aromatic heterocycles. The third-order valence-electron chi connectivity index (χ3n) is 3.01. The molecule has 0 amide bonds. The number of aliphatic hydroxyl groups excluding tert-OH is 1. The van der Waals surface area contributed by atoms with E-state index in [-0.39, 0.29) is 6.10 Å². The highest BCUT2D eigenvalue weighted by Crippen LogP contribution is 2.60. The molecular formula is C9H17NO. The summed E-state index contributed by atoms with van der Waals surface area (Å²) in [6, 6.07) is 1.31. The first-order valence-corrected chi connectivity index (χ1v) is 4.56. The molecule has 2 fully saturated rings. The van der Waals surface area contributed by atoms with Crippen molar-refractivity contribution in [3.05, 3.63) is 0 Å². The Morgan fingerprint density at radius 2 is 2.00 bits per heavy atom. The Kier molecular flexibility index (Phi) is 1.52. The molecule has 1 spiro atoms. The van der Waals surface area contributed by atoms with Crippen LogP contribution in [0.1, 0.15) is 33.1 Å². The highest BCUT2D eigenvalue weighted by atomic mass is 16.3. The molecule has 1 atom stereocenters. The summed E-state index contributed by atoms with van der Waals surface area (Å²) in [6.45, 7) is 4.36. The van der Waals surface area contributed by atoms with Crippen LogP contribution in [0, 0.1) is 5.41 Å². The quantitative estimate of drug-likeness (QED) is 0.621. The second-order valence-corrected chi connectivity index (χ2v) is 4.50. The highest BCUT2D eigenvalue weighted by molar-refractivity contribution is 5.15. The molecule has 2 nitrogen and oxygen atoms in total. The first-order chi connectivity index (χ1) is 5.12. The molecule has 64 valence electrons. The molecule has 0 saturated heterocycles. The minimum Gasteiger partial charge on any atom is -0.393 e. The minimum absolute atomic E-state index is 0.00830. The number of hydrogen-bond donors (Lipinski definition) is 2. The number of aliphatic hydroxyl groups is 1. The maximum absolute atomic E-state index is 9.15. The van der Waals surface area contributed by atoms with Gasteiger partial charge in [-0.05, 0) is 24.7 Å². The summed E-state index contributed by atoms with van der Waals surface area (Å²) in [5, 5.41) is 12.7. The van der Waals surface area contributed by atoms with E-state index in [2.05, 4.69) is 19.2 Å². The molecule has 1 unspecified atom stereocenters. The van der Waals surface area contributed by atoms with Crippen molar-refractivity contribution in [2.24, 2.45) is 5.41 Å². The van der Waals surface area contributed by atoms with Crippen LogP contribution in [0.4, 0.5) is 0 Å². The van der Waals surface area contributed by atoms with Gasteiger partial charge in [-0.2, -0.15) is 0 Å². The fourth-order valence-electron chi connectivity index (χ4n) is 2.32. The summed E-state index contributed by atoms with van der Waals surface area (Å²) in [6.07, 6.45) is 3.38. The van der Waals surface area contributed by atoms with Crippen LogP contribution < -0.4 is 5.32 Å². The lowest BCUT2D eigenvalue weighted by Gasteiger charge is -2.33. The summed E-state index contributed by atoms with van der Waals surface area (Å²) in [5.74, 6) is 0. The Balaban J connectivity index is 1.78. The third-order valence-corrected chi connectivity index (χ3v) is 3.01. The zero-order valence-corrected chi connectivity index (χ0v) is 7.30. The largest absolute Gasteiger partial charge is 0.393 e. The van der Waals surface area contributed by atoms with Crippen molar-refractivity contribution in [1.82, 2.24) is 5.32 Å². The van der Waals surface area contributed by atoms with E-state index in [1.807, 2.05) is 0 Å². The molecule has 0 heterocycles. The number of hydrogen-bond acceptors (Lipinski definition) is 2. The summed E-state index contributed by atoms with van der Waals surface area (Å²) >= 11 is 0. The molecule has 2 saturated carbocycles. The van der Waals surface area contributed by atoms with Crippen molar-refractivity contribution in [2.75, 3.05) is 0 Å². The van der Waals surface area contributed by atoms with Crippen molar-refractivity contribution < 1.29 is 5.11 Å². The molecule has 0 aliphatic heterocycles. The van der Waals surface area contributed by atoms with Crippen LogP contribution >= 0.6 is 0 Å². The van der Waals surface area contributed by atoms with E-state index in [1.54, 1.807) is 0 Å². The van der Waals surface area contributed by atoms with Crippen LogP contribution in [-0.2, 0) is 0 Å². The first-order valence-electron chi connectivity index (χ1n) is 4.56. The van der Waals surface area contributed by atoms with Gasteiger partial charge in [0.2, 0.25) is 0 Å². The maximum Gasteiger partial charge on any atom is 0.0552 e. The van der Waals surface area contributed by atoms with E-state index < -0.39 is 0 Å². The van der Waals surface area contributed by atoms with Gasteiger partial charge in [-0.15, -0.1) is 0 Å². The van der Waals surface area contributed by atoms with Gasteiger partial charge in [0, 0.05) is 12.1 Å². The van der Waals surface area contributed by atoms with Crippen molar-refractivity contribution in [2.45, 2.75) is 51.3 Å². The summed E-state index contributed by atoms with van der Waals surface area (Å²) in [4.78, 5) is 0. The Hall–Kier alpha value is -0.0800. The molecule has 2 aliphatic rings. The smallest absolute Gasteiger partial charge is 0.0552 e. The molecule has 2 rings (SSSR count). The van der Waals surface area contributed by atoms with Gasteiger partial charge >= 0.3 is 0 Å². The van der Waals surface area contributed by atoms with Crippen LogP contribution in [0.5, 0.6) is 0 Å². The Labute approximate surface area is 68.0 Å². The standard InChI is InChI=1S/C9H17NO/c1-6(2)10-8-5-9(8)3-7(11)4-9/h6-8,10-11H,3-5H2,1-2H3. The van der Waals surface area contributed by atoms with Gasteiger partial charge in [0.15, 0.2) is 0 Å². The first kappa shape index (κ1) is 7.56. The normalized spacial score (nSPS) is 48.0. The third kappa shape index (κ3) is 1.18. The van der Waals surface area contributed by atoms with Gasteiger partial charge < -0.3 is 10.4 Å². The molecule has 2 aliphatic carbocycles. The van der Waals surface area contributed by atoms with Gasteiger partial charge in [0.05, 0.1) is 6.10 Å². The zero-order chi connectivity index (χ0) is 8.06. The monoisotopic (exact) mass is 155 g/mol. The van der Waals surface area contributed by atoms with Gasteiger partial charge in [0.25, 0.3) is 0 Å². The molecular weight excluding hydrogens is 138 g/mol. The van der Waals surface area contributed by atoms with E-state index in [4.69, 9.17) is 5.11 Å². The maximum atomic E-state index is 9.15. The summed E-state index contributed by atoms with van der Waals surface area (Å²) in [7, 11) is 0. The lowest BCUT2D eigenvalue weighted by molar-refractivity contribution is 0.0233. The van der Waals surface area contributed by atoms with E-state index in [1.165, 1.54) is 6.42 Å². The molecule has 0 aromatic carbocycles. The Morgan fingerprint density at radius 3 is 2.45 bits per heavy atom. The van der Waals surface area contributed by atoms with Crippen LogP contribution in [0.15, 0.2) is 0 Å². The van der Waals surface area contributed by atoms with Gasteiger partial charge in [0.1, 0.15) is 0 Å². The average Bonchev–Trinajstić information content (AvgIpc) is 2.39. The van der Waals surface area contributed by atoms with Crippen molar-refractivity contribution in [3.63, 3.8) is 0 Å². The summed E-state index contributed by atoms with van der Waals surface area (Å²) in [5.41, 5.74) is 0.531. The van der Waals surface area contributed by atoms with E-state index in [9.17, 15) is 0 Å². The average molecular weight is 155 g/mol. The van der Waals surface area contributed by atoms with Crippen LogP contribution in [0.25, 0.3) is 0 Å². The van der Waals surface area contributed by atoms with Crippen molar-refractivity contribution in [1.29, 1.82) is 0 Å². The minimum atomic E-state index is 0.00830. The fraction of sp³-hybridized carbons (Fsp3) is 1.00.